The first-order valence-electron chi connectivity index (χ1n) is 6.85. The second-order valence-electron chi connectivity index (χ2n) is 6.11. The molecule has 0 heterocycles. The fourth-order valence-electron chi connectivity index (χ4n) is 2.01. The van der Waals surface area contributed by atoms with E-state index in [0.29, 0.717) is 12.8 Å². The molecule has 1 aliphatic rings. The number of hydrogen-bond acceptors (Lipinski definition) is 3. The van der Waals surface area contributed by atoms with Crippen molar-refractivity contribution in [3.8, 4) is 5.75 Å². The molecule has 0 radical (unpaired) electrons. The van der Waals surface area contributed by atoms with Crippen molar-refractivity contribution in [3.05, 3.63) is 29.8 Å². The van der Waals surface area contributed by atoms with Gasteiger partial charge in [-0.2, -0.15) is 4.39 Å². The minimum atomic E-state index is -0.985. The highest BCUT2D eigenvalue weighted by atomic mass is 19.2. The minimum Gasteiger partial charge on any atom is -0.487 e. The van der Waals surface area contributed by atoms with Gasteiger partial charge in [-0.15, -0.1) is 0 Å². The number of amides is 1. The van der Waals surface area contributed by atoms with Gasteiger partial charge in [0.1, 0.15) is 11.7 Å². The Labute approximate surface area is 122 Å². The van der Waals surface area contributed by atoms with E-state index in [1.807, 2.05) is 0 Å². The molecule has 1 aromatic carbocycles. The van der Waals surface area contributed by atoms with E-state index < -0.39 is 23.3 Å². The molecular weight excluding hydrogens is 280 g/mol. The second kappa shape index (κ2) is 5.87. The van der Waals surface area contributed by atoms with Gasteiger partial charge in [0.25, 0.3) is 0 Å². The van der Waals surface area contributed by atoms with Gasteiger partial charge in [-0.25, -0.2) is 9.18 Å². The monoisotopic (exact) mass is 299 g/mol. The third-order valence-corrected chi connectivity index (χ3v) is 3.03. The molecule has 0 aromatic heterocycles. The molecule has 1 amide bonds. The molecule has 0 bridgehead atoms. The van der Waals surface area contributed by atoms with Crippen LogP contribution in [0, 0.1) is 11.6 Å². The summed E-state index contributed by atoms with van der Waals surface area (Å²) in [6, 6.07) is 3.74. The van der Waals surface area contributed by atoms with E-state index in [4.69, 9.17) is 9.47 Å². The molecule has 2 rings (SSSR count). The number of carbonyl (C=O) groups excluding carboxylic acids is 1. The van der Waals surface area contributed by atoms with Crippen LogP contribution in [0.4, 0.5) is 13.6 Å². The molecule has 1 fully saturated rings. The molecule has 1 N–H and O–H groups in total. The van der Waals surface area contributed by atoms with Crippen molar-refractivity contribution in [1.82, 2.24) is 5.32 Å². The van der Waals surface area contributed by atoms with Crippen molar-refractivity contribution in [2.24, 2.45) is 0 Å². The predicted molar refractivity (Wildman–Crippen MR) is 73.2 cm³/mol. The lowest BCUT2D eigenvalue weighted by atomic mass is 9.89. The van der Waals surface area contributed by atoms with Gasteiger partial charge in [0, 0.05) is 18.9 Å². The van der Waals surface area contributed by atoms with Gasteiger partial charge in [-0.3, -0.25) is 0 Å². The minimum absolute atomic E-state index is 0.0681. The zero-order valence-electron chi connectivity index (χ0n) is 12.3. The molecule has 0 spiro atoms. The van der Waals surface area contributed by atoms with Gasteiger partial charge in [0.05, 0.1) is 0 Å². The van der Waals surface area contributed by atoms with Gasteiger partial charge in [-0.05, 0) is 32.9 Å². The topological polar surface area (TPSA) is 47.6 Å². The summed E-state index contributed by atoms with van der Waals surface area (Å²) in [6.07, 6.45) is 0.355. The lowest BCUT2D eigenvalue weighted by Gasteiger charge is -2.36. The van der Waals surface area contributed by atoms with E-state index in [1.165, 1.54) is 12.1 Å². The summed E-state index contributed by atoms with van der Waals surface area (Å²) in [4.78, 5) is 11.5. The number of hydrogen-bond donors (Lipinski definition) is 1. The van der Waals surface area contributed by atoms with E-state index in [2.05, 4.69) is 5.32 Å². The van der Waals surface area contributed by atoms with Gasteiger partial charge >= 0.3 is 6.09 Å². The number of benzene rings is 1. The lowest BCUT2D eigenvalue weighted by molar-refractivity contribution is 0.0354. The summed E-state index contributed by atoms with van der Waals surface area (Å²) in [6.45, 7) is 5.35. The molecule has 6 heteroatoms. The van der Waals surface area contributed by atoms with Crippen LogP contribution >= 0.6 is 0 Å². The van der Waals surface area contributed by atoms with Crippen LogP contribution in [0.3, 0.4) is 0 Å². The third-order valence-electron chi connectivity index (χ3n) is 3.03. The van der Waals surface area contributed by atoms with Crippen LogP contribution < -0.4 is 10.1 Å². The van der Waals surface area contributed by atoms with Gasteiger partial charge < -0.3 is 14.8 Å². The van der Waals surface area contributed by atoms with E-state index in [0.717, 1.165) is 6.07 Å². The highest BCUT2D eigenvalue weighted by molar-refractivity contribution is 5.68. The lowest BCUT2D eigenvalue weighted by Crippen LogP contribution is -2.50. The number of halogens is 2. The average Bonchev–Trinajstić information content (AvgIpc) is 2.29. The molecular formula is C15H19F2NO3. The Bertz CT molecular complexity index is 522. The summed E-state index contributed by atoms with van der Waals surface area (Å²) in [5, 5.41) is 2.71. The van der Waals surface area contributed by atoms with Gasteiger partial charge in [-0.1, -0.05) is 6.07 Å². The van der Waals surface area contributed by atoms with Crippen LogP contribution in [0.25, 0.3) is 0 Å². The van der Waals surface area contributed by atoms with Crippen molar-refractivity contribution in [1.29, 1.82) is 0 Å². The smallest absolute Gasteiger partial charge is 0.407 e. The Kier molecular flexibility index (Phi) is 4.34. The number of rotatable bonds is 3. The summed E-state index contributed by atoms with van der Waals surface area (Å²) in [5.74, 6) is -2.02. The zero-order chi connectivity index (χ0) is 15.6. The molecule has 1 aliphatic carbocycles. The zero-order valence-corrected chi connectivity index (χ0v) is 12.3. The fraction of sp³-hybridized carbons (Fsp3) is 0.533. The first-order valence-corrected chi connectivity index (χ1v) is 6.85. The van der Waals surface area contributed by atoms with Crippen LogP contribution in [0.5, 0.6) is 5.75 Å². The maximum atomic E-state index is 13.4. The molecule has 4 nitrogen and oxygen atoms in total. The highest BCUT2D eigenvalue weighted by Gasteiger charge is 2.33. The van der Waals surface area contributed by atoms with Crippen LogP contribution in [0.2, 0.25) is 0 Å². The Morgan fingerprint density at radius 3 is 2.57 bits per heavy atom. The Hall–Kier alpha value is -1.85. The van der Waals surface area contributed by atoms with Crippen LogP contribution in [0.1, 0.15) is 33.6 Å². The Morgan fingerprint density at radius 1 is 1.29 bits per heavy atom. The predicted octanol–water partition coefficient (Wildman–Crippen LogP) is 3.40. The van der Waals surface area contributed by atoms with E-state index >= 15 is 0 Å². The highest BCUT2D eigenvalue weighted by Crippen LogP contribution is 2.28. The molecule has 0 aliphatic heterocycles. The van der Waals surface area contributed by atoms with Crippen molar-refractivity contribution in [2.45, 2.75) is 51.4 Å². The number of carbonyl (C=O) groups is 1. The summed E-state index contributed by atoms with van der Waals surface area (Å²) in [5.41, 5.74) is -0.547. The molecule has 0 saturated heterocycles. The van der Waals surface area contributed by atoms with Crippen molar-refractivity contribution < 1.29 is 23.0 Å². The number of alkyl carbamates (subject to hydrolysis) is 1. The van der Waals surface area contributed by atoms with Gasteiger partial charge in [0.15, 0.2) is 11.6 Å². The van der Waals surface area contributed by atoms with E-state index in [9.17, 15) is 13.6 Å². The number of ether oxygens (including phenoxy) is 2. The van der Waals surface area contributed by atoms with Crippen LogP contribution in [0.15, 0.2) is 18.2 Å². The molecule has 116 valence electrons. The molecule has 1 aromatic rings. The fourth-order valence-corrected chi connectivity index (χ4v) is 2.01. The normalized spacial score (nSPS) is 21.4. The SMILES string of the molecule is CC(C)(C)OC(=O)NC1CC(Oc2cccc(F)c2F)C1. The largest absolute Gasteiger partial charge is 0.487 e. The van der Waals surface area contributed by atoms with E-state index in [-0.39, 0.29) is 17.9 Å². The summed E-state index contributed by atoms with van der Waals surface area (Å²) < 4.78 is 37.0. The van der Waals surface area contributed by atoms with Crippen molar-refractivity contribution >= 4 is 6.09 Å². The van der Waals surface area contributed by atoms with Crippen molar-refractivity contribution in [2.75, 3.05) is 0 Å². The van der Waals surface area contributed by atoms with Gasteiger partial charge in [0.2, 0.25) is 5.82 Å². The van der Waals surface area contributed by atoms with Crippen LogP contribution in [-0.2, 0) is 4.74 Å². The molecule has 0 atom stereocenters. The third kappa shape index (κ3) is 4.31. The second-order valence-corrected chi connectivity index (χ2v) is 6.11. The quantitative estimate of drug-likeness (QED) is 0.930. The first kappa shape index (κ1) is 15.5. The first-order chi connectivity index (χ1) is 9.74. The maximum Gasteiger partial charge on any atom is 0.407 e. The van der Waals surface area contributed by atoms with E-state index in [1.54, 1.807) is 20.8 Å². The van der Waals surface area contributed by atoms with Crippen LogP contribution in [-0.4, -0.2) is 23.8 Å². The molecule has 1 saturated carbocycles. The Balaban J connectivity index is 1.77. The molecule has 0 unspecified atom stereocenters. The molecule has 21 heavy (non-hydrogen) atoms. The average molecular weight is 299 g/mol. The summed E-state index contributed by atoms with van der Waals surface area (Å²) >= 11 is 0. The Morgan fingerprint density at radius 2 is 1.95 bits per heavy atom. The summed E-state index contributed by atoms with van der Waals surface area (Å²) in [7, 11) is 0. The van der Waals surface area contributed by atoms with Crippen molar-refractivity contribution in [3.63, 3.8) is 0 Å². The number of nitrogens with one attached hydrogen (secondary N) is 1. The standard InChI is InChI=1S/C15H19F2NO3/c1-15(2,3)21-14(19)18-9-7-10(8-9)20-12-6-4-5-11(16)13(12)17/h4-6,9-10H,7-8H2,1-3H3,(H,18,19). The maximum absolute atomic E-state index is 13.4.